The summed E-state index contributed by atoms with van der Waals surface area (Å²) in [6, 6.07) is 14.8. The van der Waals surface area contributed by atoms with E-state index in [9.17, 15) is 4.79 Å². The van der Waals surface area contributed by atoms with E-state index in [0.29, 0.717) is 28.1 Å². The van der Waals surface area contributed by atoms with Crippen LogP contribution in [0.25, 0.3) is 10.9 Å². The molecule has 2 aromatic heterocycles. The molecule has 29 heavy (non-hydrogen) atoms. The zero-order valence-electron chi connectivity index (χ0n) is 15.3. The van der Waals surface area contributed by atoms with Crippen LogP contribution in [0.2, 0.25) is 5.02 Å². The highest BCUT2D eigenvalue weighted by Gasteiger charge is 2.21. The number of nitrogens with one attached hydrogen (secondary N) is 1. The molecule has 6 nitrogen and oxygen atoms in total. The van der Waals surface area contributed by atoms with Crippen LogP contribution in [-0.4, -0.2) is 26.7 Å². The van der Waals surface area contributed by atoms with Crippen molar-refractivity contribution in [2.24, 2.45) is 0 Å². The quantitative estimate of drug-likeness (QED) is 0.320. The second-order valence-corrected chi connectivity index (χ2v) is 7.75. The van der Waals surface area contributed by atoms with Crippen LogP contribution in [-0.2, 0) is 6.42 Å². The molecule has 0 amide bonds. The van der Waals surface area contributed by atoms with Gasteiger partial charge in [-0.15, -0.1) is 10.2 Å². The fraction of sp³-hybridized carbons (Fsp3) is 0.150. The second-order valence-electron chi connectivity index (χ2n) is 6.39. The molecule has 150 valence electrons. The Labute approximate surface area is 182 Å². The minimum Gasteiger partial charge on any atom is -1.00 e. The van der Waals surface area contributed by atoms with E-state index in [1.54, 1.807) is 24.3 Å². The molecule has 2 aromatic carbocycles. The van der Waals surface area contributed by atoms with Gasteiger partial charge >= 0.3 is 0 Å². The topological polar surface area (TPSA) is 99.4 Å². The summed E-state index contributed by atoms with van der Waals surface area (Å²) in [4.78, 5) is 15.5. The number of fused-ring (bicyclic) bond motifs is 1. The van der Waals surface area contributed by atoms with Crippen molar-refractivity contribution in [2.45, 2.75) is 17.7 Å². The van der Waals surface area contributed by atoms with Crippen LogP contribution in [0.15, 0.2) is 64.4 Å². The van der Waals surface area contributed by atoms with Crippen LogP contribution in [0.3, 0.4) is 0 Å². The molecular weight excluding hydrogens is 431 g/mol. The van der Waals surface area contributed by atoms with Gasteiger partial charge in [-0.2, -0.15) is 0 Å². The molecule has 4 N–H and O–H groups in total. The number of para-hydroxylation sites is 1. The van der Waals surface area contributed by atoms with Crippen molar-refractivity contribution in [2.75, 3.05) is 5.75 Å². The monoisotopic (exact) mass is 448 g/mol. The van der Waals surface area contributed by atoms with E-state index in [2.05, 4.69) is 27.0 Å². The zero-order valence-corrected chi connectivity index (χ0v) is 17.6. The lowest BCUT2D eigenvalue weighted by atomic mass is 10.1. The molecule has 0 aliphatic heterocycles. The third-order valence-corrected chi connectivity index (χ3v) is 5.48. The van der Waals surface area contributed by atoms with Crippen LogP contribution in [0.1, 0.15) is 27.9 Å². The number of carbonyl (C=O) groups is 1. The second kappa shape index (κ2) is 9.45. The largest absolute Gasteiger partial charge is 1.00 e. The van der Waals surface area contributed by atoms with Crippen LogP contribution in [0.4, 0.5) is 0 Å². The Balaban J connectivity index is 0.00000240. The van der Waals surface area contributed by atoms with Gasteiger partial charge in [0.2, 0.25) is 0 Å². The summed E-state index contributed by atoms with van der Waals surface area (Å²) < 4.78 is 5.71. The van der Waals surface area contributed by atoms with E-state index in [0.717, 1.165) is 11.1 Å². The molecular formula is C20H18Cl2N4O2S. The maximum absolute atomic E-state index is 12.2. The maximum Gasteiger partial charge on any atom is 0.277 e. The summed E-state index contributed by atoms with van der Waals surface area (Å²) in [6.07, 6.45) is 2.67. The highest BCUT2D eigenvalue weighted by molar-refractivity contribution is 7.99. The van der Waals surface area contributed by atoms with Crippen LogP contribution >= 0.6 is 23.4 Å². The molecule has 0 saturated carbocycles. The molecule has 0 bridgehead atoms. The zero-order chi connectivity index (χ0) is 19.5. The predicted octanol–water partition coefficient (Wildman–Crippen LogP) is 0.709. The Morgan fingerprint density at radius 2 is 1.93 bits per heavy atom. The van der Waals surface area contributed by atoms with Gasteiger partial charge in [0.15, 0.2) is 11.8 Å². The van der Waals surface area contributed by atoms with Crippen LogP contribution in [0, 0.1) is 0 Å². The van der Waals surface area contributed by atoms with E-state index in [-0.39, 0.29) is 30.0 Å². The number of quaternary nitrogens is 1. The summed E-state index contributed by atoms with van der Waals surface area (Å²) >= 11 is 7.07. The number of H-pyrrole nitrogens is 1. The lowest BCUT2D eigenvalue weighted by molar-refractivity contribution is -0.431. The molecule has 0 aliphatic rings. The van der Waals surface area contributed by atoms with Crippen LogP contribution in [0.5, 0.6) is 0 Å². The van der Waals surface area contributed by atoms with Gasteiger partial charge in [-0.3, -0.25) is 4.79 Å². The number of Topliss-reactive ketones (excluding diaryl/α,β-unsaturated/α-hetero) is 1. The van der Waals surface area contributed by atoms with Gasteiger partial charge in [-0.25, -0.2) is 0 Å². The number of aromatic nitrogens is 3. The van der Waals surface area contributed by atoms with Crippen molar-refractivity contribution < 1.29 is 27.4 Å². The number of nitrogens with zero attached hydrogens (tertiary/aromatic N) is 2. The van der Waals surface area contributed by atoms with Gasteiger partial charge in [0, 0.05) is 34.1 Å². The van der Waals surface area contributed by atoms with Crippen molar-refractivity contribution in [3.63, 3.8) is 0 Å². The highest BCUT2D eigenvalue weighted by atomic mass is 35.5. The van der Waals surface area contributed by atoms with E-state index in [1.165, 1.54) is 17.1 Å². The van der Waals surface area contributed by atoms with Gasteiger partial charge < -0.3 is 27.5 Å². The molecule has 4 rings (SSSR count). The number of carbonyl (C=O) groups excluding carboxylic acids is 1. The highest BCUT2D eigenvalue weighted by Crippen LogP contribution is 2.24. The lowest BCUT2D eigenvalue weighted by Gasteiger charge is -2.03. The molecule has 2 heterocycles. The van der Waals surface area contributed by atoms with Gasteiger partial charge in [-0.05, 0) is 35.9 Å². The molecule has 0 radical (unpaired) electrons. The average molecular weight is 449 g/mol. The Bertz CT molecular complexity index is 1110. The van der Waals surface area contributed by atoms with Gasteiger partial charge in [0.25, 0.3) is 11.1 Å². The average Bonchev–Trinajstić information content (AvgIpc) is 3.34. The molecule has 0 aliphatic carbocycles. The Morgan fingerprint density at radius 3 is 2.72 bits per heavy atom. The van der Waals surface area contributed by atoms with Crippen molar-refractivity contribution in [3.8, 4) is 0 Å². The summed E-state index contributed by atoms with van der Waals surface area (Å²) in [5.41, 5.74) is 7.00. The third kappa shape index (κ3) is 5.00. The first-order chi connectivity index (χ1) is 13.6. The molecule has 0 saturated heterocycles. The number of thioether (sulfide) groups is 1. The minimum atomic E-state index is -0.173. The van der Waals surface area contributed by atoms with Crippen molar-refractivity contribution in [1.82, 2.24) is 15.2 Å². The fourth-order valence-electron chi connectivity index (χ4n) is 2.94. The summed E-state index contributed by atoms with van der Waals surface area (Å²) in [7, 11) is 0. The van der Waals surface area contributed by atoms with Crippen molar-refractivity contribution in [3.05, 3.63) is 76.8 Å². The standard InChI is InChI=1S/C20H17ClN4O2S.ClH/c21-14-7-5-12(6-8-14)18(26)11-28-20-25-24-19(27-20)16(22)9-13-10-23-17-4-2-1-3-15(13)17;/h1-8,10,16,23H,9,11,22H2;1H/t16-;/m0./s1. The smallest absolute Gasteiger partial charge is 0.277 e. The van der Waals surface area contributed by atoms with E-state index in [4.69, 9.17) is 16.0 Å². The number of benzene rings is 2. The number of rotatable bonds is 7. The van der Waals surface area contributed by atoms with Crippen LogP contribution < -0.4 is 18.1 Å². The number of hydrogen-bond donors (Lipinski definition) is 2. The first kappa shape index (κ1) is 21.4. The first-order valence-corrected chi connectivity index (χ1v) is 10.1. The Hall–Kier alpha value is -2.32. The molecule has 0 fully saturated rings. The predicted molar refractivity (Wildman–Crippen MR) is 108 cm³/mol. The molecule has 4 aromatic rings. The van der Waals surface area contributed by atoms with Gasteiger partial charge in [-0.1, -0.05) is 41.6 Å². The van der Waals surface area contributed by atoms with Gasteiger partial charge in [0.05, 0.1) is 5.75 Å². The number of hydrogen-bond acceptors (Lipinski definition) is 5. The molecule has 0 spiro atoms. The summed E-state index contributed by atoms with van der Waals surface area (Å²) in [5.74, 6) is 0.658. The Morgan fingerprint density at radius 1 is 1.17 bits per heavy atom. The Kier molecular flexibility index (Phi) is 6.97. The number of halogens is 2. The van der Waals surface area contributed by atoms with E-state index < -0.39 is 0 Å². The molecule has 9 heteroatoms. The van der Waals surface area contributed by atoms with Crippen molar-refractivity contribution in [1.29, 1.82) is 0 Å². The SMILES string of the molecule is [Cl-].[NH3+][C@@H](Cc1c[nH]c2ccccc12)c1nnc(SCC(=O)c2ccc(Cl)cc2)o1. The lowest BCUT2D eigenvalue weighted by Crippen LogP contribution is -3.00. The van der Waals surface area contributed by atoms with E-state index in [1.807, 2.05) is 24.4 Å². The number of ketones is 1. The number of aromatic amines is 1. The fourth-order valence-corrected chi connectivity index (χ4v) is 3.73. The van der Waals surface area contributed by atoms with Crippen molar-refractivity contribution >= 4 is 40.0 Å². The third-order valence-electron chi connectivity index (χ3n) is 4.41. The minimum absolute atomic E-state index is 0. The van der Waals surface area contributed by atoms with Gasteiger partial charge in [0.1, 0.15) is 0 Å². The maximum atomic E-state index is 12.2. The van der Waals surface area contributed by atoms with E-state index >= 15 is 0 Å². The molecule has 0 unspecified atom stereocenters. The normalized spacial score (nSPS) is 11.9. The summed E-state index contributed by atoms with van der Waals surface area (Å²) in [6.45, 7) is 0. The molecule has 1 atom stereocenters. The first-order valence-electron chi connectivity index (χ1n) is 8.73. The summed E-state index contributed by atoms with van der Waals surface area (Å²) in [5, 5.41) is 10.3.